The van der Waals surface area contributed by atoms with Crippen LogP contribution in [0.2, 0.25) is 0 Å². The highest BCUT2D eigenvalue weighted by atomic mass is 16.5. The monoisotopic (exact) mass is 347 g/mol. The van der Waals surface area contributed by atoms with E-state index in [-0.39, 0.29) is 5.91 Å². The second-order valence-corrected chi connectivity index (χ2v) is 7.04. The van der Waals surface area contributed by atoms with Gasteiger partial charge in [0.1, 0.15) is 5.75 Å². The molecule has 0 atom stereocenters. The molecule has 2 saturated heterocycles. The maximum absolute atomic E-state index is 13.0. The summed E-state index contributed by atoms with van der Waals surface area (Å²) in [5.41, 5.74) is 6.63. The van der Waals surface area contributed by atoms with Crippen LogP contribution in [0, 0.1) is 5.41 Å². The van der Waals surface area contributed by atoms with Gasteiger partial charge in [0.05, 0.1) is 12.5 Å². The summed E-state index contributed by atoms with van der Waals surface area (Å²) in [6, 6.07) is 8.34. The lowest BCUT2D eigenvalue weighted by atomic mass is 9.78. The number of anilines is 1. The van der Waals surface area contributed by atoms with Crippen LogP contribution in [0.1, 0.15) is 25.7 Å². The van der Waals surface area contributed by atoms with E-state index in [2.05, 4.69) is 5.32 Å². The molecule has 6 nitrogen and oxygen atoms in total. The highest BCUT2D eigenvalue weighted by Crippen LogP contribution is 2.33. The fourth-order valence-corrected chi connectivity index (χ4v) is 3.78. The number of carbonyl (C=O) groups is 1. The molecule has 6 heteroatoms. The van der Waals surface area contributed by atoms with Gasteiger partial charge >= 0.3 is 0 Å². The number of piperidine rings is 1. The average Bonchev–Trinajstić information content (AvgIpc) is 2.68. The van der Waals surface area contributed by atoms with Gasteiger partial charge in [0, 0.05) is 50.6 Å². The summed E-state index contributed by atoms with van der Waals surface area (Å²) < 4.78 is 10.7. The topological polar surface area (TPSA) is 76.8 Å². The number of nitrogens with one attached hydrogen (secondary N) is 1. The summed E-state index contributed by atoms with van der Waals surface area (Å²) in [5, 5.41) is 3.56. The van der Waals surface area contributed by atoms with Crippen molar-refractivity contribution in [2.45, 2.75) is 31.7 Å². The molecule has 0 bridgehead atoms. The van der Waals surface area contributed by atoms with E-state index in [1.807, 2.05) is 29.2 Å². The number of nitrogens with two attached hydrogens (primary N) is 1. The van der Waals surface area contributed by atoms with Crippen molar-refractivity contribution in [1.82, 2.24) is 4.90 Å². The number of carbonyl (C=O) groups excluding carboxylic acids is 1. The number of likely N-dealkylation sites (tertiary alicyclic amines) is 1. The Morgan fingerprint density at radius 3 is 2.72 bits per heavy atom. The van der Waals surface area contributed by atoms with Crippen LogP contribution >= 0.6 is 0 Å². The van der Waals surface area contributed by atoms with Gasteiger partial charge in [-0.3, -0.25) is 4.79 Å². The zero-order valence-electron chi connectivity index (χ0n) is 15.0. The number of hydrogen-bond acceptors (Lipinski definition) is 5. The zero-order valence-corrected chi connectivity index (χ0v) is 15.0. The van der Waals surface area contributed by atoms with Crippen molar-refractivity contribution in [3.8, 4) is 5.75 Å². The van der Waals surface area contributed by atoms with Crippen LogP contribution in [0.5, 0.6) is 5.75 Å². The summed E-state index contributed by atoms with van der Waals surface area (Å²) in [4.78, 5) is 15.0. The maximum atomic E-state index is 13.0. The lowest BCUT2D eigenvalue weighted by molar-refractivity contribution is -0.148. The van der Waals surface area contributed by atoms with Gasteiger partial charge in [0.2, 0.25) is 5.91 Å². The molecule has 1 amide bonds. The van der Waals surface area contributed by atoms with Gasteiger partial charge in [0.15, 0.2) is 0 Å². The lowest BCUT2D eigenvalue weighted by Crippen LogP contribution is -2.53. The average molecular weight is 347 g/mol. The number of nitrogens with zero attached hydrogens (tertiary/aromatic N) is 1. The van der Waals surface area contributed by atoms with E-state index in [9.17, 15) is 4.79 Å². The van der Waals surface area contributed by atoms with Gasteiger partial charge in [-0.15, -0.1) is 0 Å². The molecule has 0 radical (unpaired) electrons. The molecule has 0 spiro atoms. The number of methoxy groups -OCH3 is 1. The molecule has 0 aliphatic carbocycles. The Balaban J connectivity index is 1.55. The summed E-state index contributed by atoms with van der Waals surface area (Å²) >= 11 is 0. The van der Waals surface area contributed by atoms with E-state index in [1.165, 1.54) is 0 Å². The highest BCUT2D eigenvalue weighted by Gasteiger charge is 2.42. The van der Waals surface area contributed by atoms with Crippen LogP contribution in [-0.2, 0) is 9.53 Å². The summed E-state index contributed by atoms with van der Waals surface area (Å²) in [5.74, 6) is 1.07. The third kappa shape index (κ3) is 4.07. The van der Waals surface area contributed by atoms with E-state index in [0.717, 1.165) is 50.2 Å². The summed E-state index contributed by atoms with van der Waals surface area (Å²) in [6.45, 7) is 3.25. The second kappa shape index (κ2) is 8.06. The van der Waals surface area contributed by atoms with Gasteiger partial charge in [0.25, 0.3) is 0 Å². The third-order valence-corrected chi connectivity index (χ3v) is 5.52. The molecule has 25 heavy (non-hydrogen) atoms. The van der Waals surface area contributed by atoms with Crippen molar-refractivity contribution in [2.24, 2.45) is 11.1 Å². The normalized spacial score (nSPS) is 21.0. The number of amides is 1. The van der Waals surface area contributed by atoms with Gasteiger partial charge in [-0.2, -0.15) is 0 Å². The first-order valence-corrected chi connectivity index (χ1v) is 9.15. The third-order valence-electron chi connectivity index (χ3n) is 5.52. The van der Waals surface area contributed by atoms with E-state index in [4.69, 9.17) is 15.2 Å². The molecule has 1 aromatic carbocycles. The number of ether oxygens (including phenoxy) is 2. The molecular formula is C19H29N3O3. The minimum atomic E-state index is -0.411. The molecule has 2 aliphatic heterocycles. The first-order chi connectivity index (χ1) is 12.2. The van der Waals surface area contributed by atoms with Crippen molar-refractivity contribution in [1.29, 1.82) is 0 Å². The molecule has 138 valence electrons. The van der Waals surface area contributed by atoms with Crippen molar-refractivity contribution in [3.63, 3.8) is 0 Å². The van der Waals surface area contributed by atoms with Gasteiger partial charge in [-0.25, -0.2) is 0 Å². The predicted octanol–water partition coefficient (Wildman–Crippen LogP) is 1.85. The molecule has 1 aromatic rings. The van der Waals surface area contributed by atoms with Crippen LogP contribution in [0.4, 0.5) is 5.69 Å². The van der Waals surface area contributed by atoms with Crippen LogP contribution in [-0.4, -0.2) is 56.8 Å². The highest BCUT2D eigenvalue weighted by molar-refractivity contribution is 5.83. The maximum Gasteiger partial charge on any atom is 0.230 e. The molecule has 0 aromatic heterocycles. The van der Waals surface area contributed by atoms with Crippen molar-refractivity contribution >= 4 is 11.6 Å². The molecule has 0 saturated carbocycles. The van der Waals surface area contributed by atoms with Crippen molar-refractivity contribution in [3.05, 3.63) is 24.3 Å². The smallest absolute Gasteiger partial charge is 0.230 e. The van der Waals surface area contributed by atoms with Crippen LogP contribution in [0.15, 0.2) is 24.3 Å². The summed E-state index contributed by atoms with van der Waals surface area (Å²) in [7, 11) is 1.67. The van der Waals surface area contributed by atoms with Crippen molar-refractivity contribution < 1.29 is 14.3 Å². The molecule has 0 unspecified atom stereocenters. The first-order valence-electron chi connectivity index (χ1n) is 9.15. The van der Waals surface area contributed by atoms with E-state index in [1.54, 1.807) is 7.11 Å². The minimum Gasteiger partial charge on any atom is -0.497 e. The Bertz CT molecular complexity index is 579. The number of benzene rings is 1. The van der Waals surface area contributed by atoms with Crippen molar-refractivity contribution in [2.75, 3.05) is 45.3 Å². The van der Waals surface area contributed by atoms with Gasteiger partial charge < -0.3 is 25.4 Å². The molecule has 2 heterocycles. The lowest BCUT2D eigenvalue weighted by Gasteiger charge is -2.41. The fourth-order valence-electron chi connectivity index (χ4n) is 3.78. The van der Waals surface area contributed by atoms with Crippen LogP contribution < -0.4 is 15.8 Å². The standard InChI is InChI=1S/C19H29N3O3/c1-24-17-4-2-3-16(13-17)21-15-5-9-22(10-6-15)18(23)19(14-20)7-11-25-12-8-19/h2-4,13,15,21H,5-12,14,20H2,1H3. The van der Waals surface area contributed by atoms with E-state index in [0.29, 0.717) is 25.8 Å². The SMILES string of the molecule is COc1cccc(NC2CCN(C(=O)C3(CN)CCOCC3)CC2)c1. The van der Waals surface area contributed by atoms with Gasteiger partial charge in [-0.1, -0.05) is 6.07 Å². The predicted molar refractivity (Wildman–Crippen MR) is 97.8 cm³/mol. The minimum absolute atomic E-state index is 0.220. The van der Waals surface area contributed by atoms with Crippen LogP contribution in [0.3, 0.4) is 0 Å². The van der Waals surface area contributed by atoms with Gasteiger partial charge in [-0.05, 0) is 37.8 Å². The second-order valence-electron chi connectivity index (χ2n) is 7.04. The molecule has 3 rings (SSSR count). The molecular weight excluding hydrogens is 318 g/mol. The molecule has 2 aliphatic rings. The zero-order chi connectivity index (χ0) is 17.7. The van der Waals surface area contributed by atoms with E-state index < -0.39 is 5.41 Å². The van der Waals surface area contributed by atoms with E-state index >= 15 is 0 Å². The Morgan fingerprint density at radius 1 is 1.36 bits per heavy atom. The summed E-state index contributed by atoms with van der Waals surface area (Å²) in [6.07, 6.45) is 3.37. The molecule has 3 N–H and O–H groups in total. The Hall–Kier alpha value is -1.79. The number of rotatable bonds is 5. The molecule has 2 fully saturated rings. The van der Waals surface area contributed by atoms with Crippen LogP contribution in [0.25, 0.3) is 0 Å². The Kier molecular flexibility index (Phi) is 5.81. The first kappa shape index (κ1) is 18.0. The fraction of sp³-hybridized carbons (Fsp3) is 0.632. The Labute approximate surface area is 149 Å². The quantitative estimate of drug-likeness (QED) is 0.850. The largest absolute Gasteiger partial charge is 0.497 e. The number of hydrogen-bond donors (Lipinski definition) is 2. The Morgan fingerprint density at radius 2 is 2.08 bits per heavy atom.